The Labute approximate surface area is 122 Å². The number of aromatic nitrogens is 3. The number of rotatable bonds is 5. The number of carboxylic acids is 1. The summed E-state index contributed by atoms with van der Waals surface area (Å²) in [5.41, 5.74) is 0.525. The van der Waals surface area contributed by atoms with Crippen molar-refractivity contribution in [1.29, 1.82) is 0 Å². The summed E-state index contributed by atoms with van der Waals surface area (Å²) in [5.74, 6) is -1.10. The molecule has 1 saturated heterocycles. The van der Waals surface area contributed by atoms with Crippen molar-refractivity contribution >= 4 is 11.9 Å². The van der Waals surface area contributed by atoms with E-state index in [1.807, 2.05) is 20.8 Å². The lowest BCUT2D eigenvalue weighted by Gasteiger charge is -2.17. The molecule has 1 aliphatic heterocycles. The van der Waals surface area contributed by atoms with E-state index in [0.29, 0.717) is 5.69 Å². The number of amides is 1. The predicted octanol–water partition coefficient (Wildman–Crippen LogP) is 0.0384. The van der Waals surface area contributed by atoms with Gasteiger partial charge in [-0.15, -0.1) is 5.10 Å². The van der Waals surface area contributed by atoms with Gasteiger partial charge in [-0.1, -0.05) is 12.1 Å². The molecule has 1 amide bonds. The first-order valence-corrected chi connectivity index (χ1v) is 6.92. The molecule has 8 nitrogen and oxygen atoms in total. The summed E-state index contributed by atoms with van der Waals surface area (Å²) in [5, 5.41) is 19.0. The number of aliphatic carboxylic acids is 1. The number of ether oxygens (including phenoxy) is 1. The lowest BCUT2D eigenvalue weighted by atomic mass is 9.89. The molecular weight excluding hydrogens is 276 g/mol. The van der Waals surface area contributed by atoms with Crippen LogP contribution in [-0.4, -0.2) is 44.2 Å². The third kappa shape index (κ3) is 3.57. The quantitative estimate of drug-likeness (QED) is 0.794. The number of carbonyl (C=O) groups excluding carboxylic acids is 1. The average molecular weight is 296 g/mol. The van der Waals surface area contributed by atoms with Gasteiger partial charge < -0.3 is 15.2 Å². The van der Waals surface area contributed by atoms with Crippen molar-refractivity contribution < 1.29 is 19.4 Å². The van der Waals surface area contributed by atoms with Gasteiger partial charge in [-0.2, -0.15) is 0 Å². The summed E-state index contributed by atoms with van der Waals surface area (Å²) in [6.45, 7) is 5.84. The van der Waals surface area contributed by atoms with Gasteiger partial charge in [0.2, 0.25) is 5.91 Å². The van der Waals surface area contributed by atoms with Crippen LogP contribution in [0.25, 0.3) is 0 Å². The molecule has 0 bridgehead atoms. The maximum absolute atomic E-state index is 12.2. The number of carboxylic acid groups (broad SMARTS) is 1. The highest BCUT2D eigenvalue weighted by molar-refractivity contribution is 5.79. The van der Waals surface area contributed by atoms with Gasteiger partial charge in [-0.25, -0.2) is 4.68 Å². The Bertz CT molecular complexity index is 530. The average Bonchev–Trinajstić information content (AvgIpc) is 2.92. The fourth-order valence-electron chi connectivity index (χ4n) is 2.65. The van der Waals surface area contributed by atoms with Gasteiger partial charge in [0, 0.05) is 0 Å². The Morgan fingerprint density at radius 3 is 2.67 bits per heavy atom. The molecule has 1 fully saturated rings. The van der Waals surface area contributed by atoms with Crippen LogP contribution in [-0.2, 0) is 27.4 Å². The second-order valence-electron chi connectivity index (χ2n) is 5.45. The number of hydrogen-bond donors (Lipinski definition) is 2. The SMILES string of the molecule is CC1OC(C)C(C(=O)NCc2cn(CC(=O)O)nn2)C1C. The van der Waals surface area contributed by atoms with Gasteiger partial charge in [-0.3, -0.25) is 9.59 Å². The lowest BCUT2D eigenvalue weighted by molar-refractivity contribution is -0.138. The fourth-order valence-corrected chi connectivity index (χ4v) is 2.65. The molecule has 0 aliphatic carbocycles. The molecule has 1 aromatic rings. The van der Waals surface area contributed by atoms with Crippen molar-refractivity contribution in [2.75, 3.05) is 0 Å². The van der Waals surface area contributed by atoms with E-state index >= 15 is 0 Å². The number of hydrogen-bond acceptors (Lipinski definition) is 5. The van der Waals surface area contributed by atoms with E-state index in [2.05, 4.69) is 15.6 Å². The lowest BCUT2D eigenvalue weighted by Crippen LogP contribution is -2.37. The third-order valence-corrected chi connectivity index (χ3v) is 3.87. The van der Waals surface area contributed by atoms with Crippen LogP contribution in [0.3, 0.4) is 0 Å². The Balaban J connectivity index is 1.89. The van der Waals surface area contributed by atoms with Crippen LogP contribution in [0.15, 0.2) is 6.20 Å². The molecule has 1 aromatic heterocycles. The molecule has 4 unspecified atom stereocenters. The van der Waals surface area contributed by atoms with Crippen LogP contribution in [0, 0.1) is 11.8 Å². The Morgan fingerprint density at radius 1 is 1.38 bits per heavy atom. The first-order chi connectivity index (χ1) is 9.88. The molecule has 2 N–H and O–H groups in total. The minimum Gasteiger partial charge on any atom is -0.480 e. The van der Waals surface area contributed by atoms with Crippen molar-refractivity contribution in [3.05, 3.63) is 11.9 Å². The molecular formula is C13H20N4O4. The van der Waals surface area contributed by atoms with E-state index < -0.39 is 5.97 Å². The molecule has 4 atom stereocenters. The smallest absolute Gasteiger partial charge is 0.325 e. The third-order valence-electron chi connectivity index (χ3n) is 3.87. The first kappa shape index (κ1) is 15.4. The molecule has 21 heavy (non-hydrogen) atoms. The van der Waals surface area contributed by atoms with Crippen molar-refractivity contribution in [2.24, 2.45) is 11.8 Å². The van der Waals surface area contributed by atoms with E-state index in [1.54, 1.807) is 0 Å². The highest BCUT2D eigenvalue weighted by Gasteiger charge is 2.41. The molecule has 0 saturated carbocycles. The van der Waals surface area contributed by atoms with E-state index in [-0.39, 0.29) is 43.0 Å². The summed E-state index contributed by atoms with van der Waals surface area (Å²) in [6, 6.07) is 0. The van der Waals surface area contributed by atoms with Crippen LogP contribution in [0.4, 0.5) is 0 Å². The van der Waals surface area contributed by atoms with Gasteiger partial charge >= 0.3 is 5.97 Å². The van der Waals surface area contributed by atoms with Crippen LogP contribution in [0.2, 0.25) is 0 Å². The van der Waals surface area contributed by atoms with Crippen LogP contribution in [0.5, 0.6) is 0 Å². The normalized spacial score (nSPS) is 28.5. The summed E-state index contributed by atoms with van der Waals surface area (Å²) < 4.78 is 6.87. The number of nitrogens with zero attached hydrogens (tertiary/aromatic N) is 3. The zero-order valence-corrected chi connectivity index (χ0v) is 12.3. The van der Waals surface area contributed by atoms with Gasteiger partial charge in [-0.05, 0) is 19.8 Å². The molecule has 8 heteroatoms. The minimum absolute atomic E-state index is 0.0622. The van der Waals surface area contributed by atoms with Gasteiger partial charge in [0.1, 0.15) is 12.2 Å². The second-order valence-corrected chi connectivity index (χ2v) is 5.45. The Hall–Kier alpha value is -1.96. The van der Waals surface area contributed by atoms with E-state index in [4.69, 9.17) is 9.84 Å². The largest absolute Gasteiger partial charge is 0.480 e. The zero-order valence-electron chi connectivity index (χ0n) is 12.3. The van der Waals surface area contributed by atoms with Gasteiger partial charge in [0.25, 0.3) is 0 Å². The number of carbonyl (C=O) groups is 2. The molecule has 2 heterocycles. The maximum Gasteiger partial charge on any atom is 0.325 e. The minimum atomic E-state index is -0.991. The molecule has 1 aliphatic rings. The van der Waals surface area contributed by atoms with Gasteiger partial charge in [0.15, 0.2) is 0 Å². The van der Waals surface area contributed by atoms with Crippen LogP contribution < -0.4 is 5.32 Å². The maximum atomic E-state index is 12.2. The molecule has 0 aromatic carbocycles. The highest BCUT2D eigenvalue weighted by Crippen LogP contribution is 2.32. The Morgan fingerprint density at radius 2 is 2.10 bits per heavy atom. The van der Waals surface area contributed by atoms with E-state index in [9.17, 15) is 9.59 Å². The van der Waals surface area contributed by atoms with Crippen molar-refractivity contribution in [3.63, 3.8) is 0 Å². The summed E-state index contributed by atoms with van der Waals surface area (Å²) in [4.78, 5) is 22.8. The first-order valence-electron chi connectivity index (χ1n) is 6.92. The van der Waals surface area contributed by atoms with E-state index in [1.165, 1.54) is 10.9 Å². The van der Waals surface area contributed by atoms with Crippen LogP contribution in [0.1, 0.15) is 26.5 Å². The summed E-state index contributed by atoms with van der Waals surface area (Å²) in [6.07, 6.45) is 1.46. The number of nitrogens with one attached hydrogen (secondary N) is 1. The van der Waals surface area contributed by atoms with Crippen molar-refractivity contribution in [2.45, 2.75) is 46.1 Å². The monoisotopic (exact) mass is 296 g/mol. The van der Waals surface area contributed by atoms with Gasteiger partial charge in [0.05, 0.1) is 30.9 Å². The predicted molar refractivity (Wildman–Crippen MR) is 72.2 cm³/mol. The molecule has 0 radical (unpaired) electrons. The topological polar surface area (TPSA) is 106 Å². The van der Waals surface area contributed by atoms with E-state index in [0.717, 1.165) is 0 Å². The second kappa shape index (κ2) is 6.21. The molecule has 116 valence electrons. The van der Waals surface area contributed by atoms with Crippen molar-refractivity contribution in [3.8, 4) is 0 Å². The van der Waals surface area contributed by atoms with Crippen molar-refractivity contribution in [1.82, 2.24) is 20.3 Å². The summed E-state index contributed by atoms with van der Waals surface area (Å²) in [7, 11) is 0. The summed E-state index contributed by atoms with van der Waals surface area (Å²) >= 11 is 0. The standard InChI is InChI=1S/C13H20N4O4/c1-7-8(2)21-9(3)12(7)13(20)14-4-10-5-17(16-15-10)6-11(18)19/h5,7-9,12H,4,6H2,1-3H3,(H,14,20)(H,18,19). The Kier molecular flexibility index (Phi) is 4.56. The fraction of sp³-hybridized carbons (Fsp3) is 0.692. The van der Waals surface area contributed by atoms with Crippen LogP contribution >= 0.6 is 0 Å². The zero-order chi connectivity index (χ0) is 15.6. The molecule has 0 spiro atoms. The molecule has 2 rings (SSSR count). The highest BCUT2D eigenvalue weighted by atomic mass is 16.5.